The molecule has 4 aromatic rings. The van der Waals surface area contributed by atoms with Gasteiger partial charge in [0.25, 0.3) is 0 Å². The Labute approximate surface area is 170 Å². The number of pyridine rings is 1. The van der Waals surface area contributed by atoms with Gasteiger partial charge in [-0.25, -0.2) is 9.78 Å². The van der Waals surface area contributed by atoms with E-state index in [0.717, 1.165) is 27.3 Å². The molecule has 29 heavy (non-hydrogen) atoms. The number of ether oxygens (including phenoxy) is 1. The van der Waals surface area contributed by atoms with E-state index in [-0.39, 0.29) is 18.3 Å². The molecule has 0 aliphatic carbocycles. The molecule has 144 valence electrons. The van der Waals surface area contributed by atoms with Gasteiger partial charge in [-0.1, -0.05) is 24.3 Å². The Morgan fingerprint density at radius 1 is 1.24 bits per heavy atom. The summed E-state index contributed by atoms with van der Waals surface area (Å²) in [6.45, 7) is 2.00. The third kappa shape index (κ3) is 3.09. The van der Waals surface area contributed by atoms with Crippen molar-refractivity contribution in [3.63, 3.8) is 0 Å². The van der Waals surface area contributed by atoms with Gasteiger partial charge in [0.15, 0.2) is 0 Å². The lowest BCUT2D eigenvalue weighted by molar-refractivity contribution is -0.118. The third-order valence-corrected chi connectivity index (χ3v) is 5.82. The first-order valence-electron chi connectivity index (χ1n) is 9.22. The molecule has 0 radical (unpaired) electrons. The number of fused-ring (bicyclic) bond motifs is 2. The fraction of sp³-hybridized carbons (Fsp3) is 0.136. The van der Waals surface area contributed by atoms with Crippen molar-refractivity contribution in [3.8, 4) is 10.6 Å². The molecule has 1 N–H and O–H groups in total. The number of anilines is 1. The van der Waals surface area contributed by atoms with E-state index in [0.29, 0.717) is 11.4 Å². The minimum Gasteiger partial charge on any atom is -0.453 e. The summed E-state index contributed by atoms with van der Waals surface area (Å²) in [4.78, 5) is 30.6. The number of benzene rings is 1. The summed E-state index contributed by atoms with van der Waals surface area (Å²) in [6, 6.07) is 15.0. The SMILES string of the molecule is Cc1ccn2c(NC(=O)C[C@@H]3OC(=O)c4ccccc43)c(-c3cccs3)nc2c1. The van der Waals surface area contributed by atoms with E-state index in [1.54, 1.807) is 23.5 Å². The van der Waals surface area contributed by atoms with Gasteiger partial charge in [-0.2, -0.15) is 0 Å². The number of esters is 1. The summed E-state index contributed by atoms with van der Waals surface area (Å²) in [5, 5.41) is 4.97. The van der Waals surface area contributed by atoms with Gasteiger partial charge >= 0.3 is 5.97 Å². The highest BCUT2D eigenvalue weighted by molar-refractivity contribution is 7.13. The molecule has 1 aromatic carbocycles. The first-order chi connectivity index (χ1) is 14.1. The molecule has 6 nitrogen and oxygen atoms in total. The number of nitrogens with one attached hydrogen (secondary N) is 1. The predicted octanol–water partition coefficient (Wildman–Crippen LogP) is 4.61. The van der Waals surface area contributed by atoms with E-state index in [1.165, 1.54) is 0 Å². The van der Waals surface area contributed by atoms with E-state index < -0.39 is 6.10 Å². The second kappa shape index (κ2) is 6.86. The van der Waals surface area contributed by atoms with Gasteiger partial charge in [0.1, 0.15) is 23.3 Å². The van der Waals surface area contributed by atoms with Crippen LogP contribution in [-0.2, 0) is 9.53 Å². The van der Waals surface area contributed by atoms with Gasteiger partial charge in [-0.3, -0.25) is 9.20 Å². The number of hydrogen-bond acceptors (Lipinski definition) is 5. The Bertz CT molecular complexity index is 1240. The van der Waals surface area contributed by atoms with Crippen LogP contribution in [0.1, 0.15) is 34.0 Å². The van der Waals surface area contributed by atoms with E-state index in [9.17, 15) is 9.59 Å². The third-order valence-electron chi connectivity index (χ3n) is 4.94. The normalized spacial score (nSPS) is 15.3. The van der Waals surface area contributed by atoms with Crippen LogP contribution in [0.15, 0.2) is 60.1 Å². The molecule has 1 amide bonds. The topological polar surface area (TPSA) is 72.7 Å². The van der Waals surface area contributed by atoms with Gasteiger partial charge in [-0.15, -0.1) is 11.3 Å². The van der Waals surface area contributed by atoms with Crippen LogP contribution in [0, 0.1) is 6.92 Å². The molecule has 5 rings (SSSR count). The summed E-state index contributed by atoms with van der Waals surface area (Å²) >= 11 is 1.56. The summed E-state index contributed by atoms with van der Waals surface area (Å²) < 4.78 is 7.28. The summed E-state index contributed by atoms with van der Waals surface area (Å²) in [6.07, 6.45) is 1.37. The number of amides is 1. The predicted molar refractivity (Wildman–Crippen MR) is 111 cm³/mol. The summed E-state index contributed by atoms with van der Waals surface area (Å²) in [7, 11) is 0. The lowest BCUT2D eigenvalue weighted by Crippen LogP contribution is -2.17. The molecular weight excluding hydrogens is 386 g/mol. The molecule has 4 heterocycles. The van der Waals surface area contributed by atoms with E-state index in [4.69, 9.17) is 9.72 Å². The number of aromatic nitrogens is 2. The molecule has 1 atom stereocenters. The molecule has 0 bridgehead atoms. The van der Waals surface area contributed by atoms with E-state index in [1.807, 2.05) is 59.3 Å². The first-order valence-corrected chi connectivity index (χ1v) is 10.1. The smallest absolute Gasteiger partial charge is 0.339 e. The minimum atomic E-state index is -0.578. The Balaban J connectivity index is 1.47. The van der Waals surface area contributed by atoms with Gasteiger partial charge in [-0.05, 0) is 42.1 Å². The van der Waals surface area contributed by atoms with Gasteiger partial charge in [0, 0.05) is 11.8 Å². The number of aryl methyl sites for hydroxylation is 1. The monoisotopic (exact) mass is 403 g/mol. The molecule has 7 heteroatoms. The minimum absolute atomic E-state index is 0.0473. The van der Waals surface area contributed by atoms with E-state index in [2.05, 4.69) is 5.32 Å². The van der Waals surface area contributed by atoms with Crippen LogP contribution in [0.3, 0.4) is 0 Å². The molecule has 0 unspecified atom stereocenters. The Morgan fingerprint density at radius 2 is 2.10 bits per heavy atom. The largest absolute Gasteiger partial charge is 0.453 e. The first kappa shape index (κ1) is 17.6. The molecule has 1 aliphatic heterocycles. The van der Waals surface area contributed by atoms with Crippen LogP contribution < -0.4 is 5.32 Å². The molecule has 0 saturated carbocycles. The van der Waals surface area contributed by atoms with Crippen LogP contribution in [-0.4, -0.2) is 21.3 Å². The number of nitrogens with zero attached hydrogens (tertiary/aromatic N) is 2. The highest BCUT2D eigenvalue weighted by Crippen LogP contribution is 2.35. The highest BCUT2D eigenvalue weighted by Gasteiger charge is 2.32. The van der Waals surface area contributed by atoms with Crippen molar-refractivity contribution in [1.29, 1.82) is 0 Å². The molecule has 0 saturated heterocycles. The maximum atomic E-state index is 12.9. The van der Waals surface area contributed by atoms with Crippen molar-refractivity contribution in [2.24, 2.45) is 0 Å². The van der Waals surface area contributed by atoms with Crippen LogP contribution >= 0.6 is 11.3 Å². The van der Waals surface area contributed by atoms with Gasteiger partial charge in [0.05, 0.1) is 16.9 Å². The fourth-order valence-corrected chi connectivity index (χ4v) is 4.29. The number of carbonyl (C=O) groups excluding carboxylic acids is 2. The van der Waals surface area contributed by atoms with Gasteiger partial charge < -0.3 is 10.1 Å². The molecule has 1 aliphatic rings. The number of rotatable bonds is 4. The number of imidazole rings is 1. The van der Waals surface area contributed by atoms with E-state index >= 15 is 0 Å². The second-order valence-electron chi connectivity index (χ2n) is 6.95. The van der Waals surface area contributed by atoms with Crippen LogP contribution in [0.25, 0.3) is 16.2 Å². The van der Waals surface area contributed by atoms with Crippen molar-refractivity contribution in [2.75, 3.05) is 5.32 Å². The van der Waals surface area contributed by atoms with Crippen molar-refractivity contribution in [2.45, 2.75) is 19.4 Å². The fourth-order valence-electron chi connectivity index (χ4n) is 3.57. The zero-order valence-electron chi connectivity index (χ0n) is 15.6. The Morgan fingerprint density at radius 3 is 2.93 bits per heavy atom. The van der Waals surface area contributed by atoms with Crippen LogP contribution in [0.5, 0.6) is 0 Å². The average Bonchev–Trinajstić information content (AvgIpc) is 3.41. The number of thiophene rings is 1. The standard InChI is InChI=1S/C22H17N3O3S/c1-13-8-9-25-18(11-13)23-20(17-7-4-10-29-17)21(25)24-19(26)12-16-14-5-2-3-6-15(14)22(27)28-16/h2-11,16H,12H2,1H3,(H,24,26)/t16-/m0/s1. The quantitative estimate of drug-likeness (QED) is 0.505. The van der Waals surface area contributed by atoms with Crippen molar-refractivity contribution in [3.05, 3.63) is 76.8 Å². The molecule has 0 spiro atoms. The average molecular weight is 403 g/mol. The number of carbonyl (C=O) groups is 2. The lowest BCUT2D eigenvalue weighted by atomic mass is 10.0. The van der Waals surface area contributed by atoms with Crippen molar-refractivity contribution >= 4 is 34.7 Å². The number of cyclic esters (lactones) is 1. The maximum Gasteiger partial charge on any atom is 0.339 e. The van der Waals surface area contributed by atoms with Crippen molar-refractivity contribution in [1.82, 2.24) is 9.38 Å². The van der Waals surface area contributed by atoms with Crippen LogP contribution in [0.2, 0.25) is 0 Å². The zero-order chi connectivity index (χ0) is 20.0. The summed E-state index contributed by atoms with van der Waals surface area (Å²) in [5.41, 5.74) is 3.85. The summed E-state index contributed by atoms with van der Waals surface area (Å²) in [5.74, 6) is -0.00676. The lowest BCUT2D eigenvalue weighted by Gasteiger charge is -2.12. The maximum absolute atomic E-state index is 12.9. The Hall–Kier alpha value is -3.45. The molecular formula is C22H17N3O3S. The Kier molecular flexibility index (Phi) is 4.17. The number of hydrogen-bond donors (Lipinski definition) is 1. The molecule has 0 fully saturated rings. The van der Waals surface area contributed by atoms with Gasteiger partial charge in [0.2, 0.25) is 5.91 Å². The van der Waals surface area contributed by atoms with Crippen LogP contribution in [0.4, 0.5) is 5.82 Å². The molecule has 3 aromatic heterocycles. The second-order valence-corrected chi connectivity index (χ2v) is 7.90. The van der Waals surface area contributed by atoms with Crippen molar-refractivity contribution < 1.29 is 14.3 Å². The zero-order valence-corrected chi connectivity index (χ0v) is 16.4. The highest BCUT2D eigenvalue weighted by atomic mass is 32.1.